The molecule has 2 nitrogen and oxygen atoms in total. The molecule has 2 aliphatic rings. The third kappa shape index (κ3) is 3.17. The molecule has 0 radical (unpaired) electrons. The Labute approximate surface area is 122 Å². The van der Waals surface area contributed by atoms with E-state index in [0.29, 0.717) is 6.04 Å². The molecule has 1 atom stereocenters. The number of hydrogen-bond donors (Lipinski definition) is 1. The lowest BCUT2D eigenvalue weighted by Crippen LogP contribution is -2.23. The van der Waals surface area contributed by atoms with Crippen molar-refractivity contribution in [3.05, 3.63) is 29.3 Å². The van der Waals surface area contributed by atoms with Gasteiger partial charge in [0, 0.05) is 6.04 Å². The molecule has 1 saturated heterocycles. The van der Waals surface area contributed by atoms with E-state index in [1.54, 1.807) is 7.11 Å². The van der Waals surface area contributed by atoms with Crippen LogP contribution < -0.4 is 10.1 Å². The number of rotatable bonds is 4. The van der Waals surface area contributed by atoms with Crippen molar-refractivity contribution in [2.45, 2.75) is 63.3 Å². The summed E-state index contributed by atoms with van der Waals surface area (Å²) in [4.78, 5) is 0. The second-order valence-corrected chi connectivity index (χ2v) is 6.41. The normalized spacial score (nSPS) is 23.9. The van der Waals surface area contributed by atoms with E-state index in [-0.39, 0.29) is 0 Å². The second kappa shape index (κ2) is 6.62. The third-order valence-corrected chi connectivity index (χ3v) is 4.98. The predicted octanol–water partition coefficient (Wildman–Crippen LogP) is 4.04. The van der Waals surface area contributed by atoms with Crippen molar-refractivity contribution in [3.63, 3.8) is 0 Å². The molecular weight excluding hydrogens is 246 g/mol. The molecule has 2 fully saturated rings. The van der Waals surface area contributed by atoms with E-state index in [9.17, 15) is 0 Å². The van der Waals surface area contributed by atoms with Crippen molar-refractivity contribution >= 4 is 0 Å². The molecular formula is C18H27NO. The maximum atomic E-state index is 5.61. The summed E-state index contributed by atoms with van der Waals surface area (Å²) < 4.78 is 5.61. The lowest BCUT2D eigenvalue weighted by atomic mass is 9.83. The Bertz CT molecular complexity index is 431. The van der Waals surface area contributed by atoms with Crippen LogP contribution in [0.3, 0.4) is 0 Å². The molecule has 0 spiro atoms. The highest BCUT2D eigenvalue weighted by atomic mass is 16.5. The van der Waals surface area contributed by atoms with Gasteiger partial charge in [0.2, 0.25) is 0 Å². The minimum atomic E-state index is 0.683. The Balaban J connectivity index is 1.78. The van der Waals surface area contributed by atoms with Gasteiger partial charge < -0.3 is 10.1 Å². The van der Waals surface area contributed by atoms with E-state index in [1.807, 2.05) is 0 Å². The zero-order chi connectivity index (χ0) is 13.8. The van der Waals surface area contributed by atoms with E-state index in [4.69, 9.17) is 4.74 Å². The zero-order valence-corrected chi connectivity index (χ0v) is 12.7. The fraction of sp³-hybridized carbons (Fsp3) is 0.667. The minimum absolute atomic E-state index is 0.683. The van der Waals surface area contributed by atoms with E-state index in [1.165, 1.54) is 69.0 Å². The van der Waals surface area contributed by atoms with Crippen molar-refractivity contribution in [2.24, 2.45) is 0 Å². The Hall–Kier alpha value is -1.02. The number of methoxy groups -OCH3 is 1. The molecule has 1 unspecified atom stereocenters. The first-order valence-electron chi connectivity index (χ1n) is 8.27. The molecule has 1 aliphatic carbocycles. The first kappa shape index (κ1) is 13.9. The predicted molar refractivity (Wildman–Crippen MR) is 83.5 cm³/mol. The Morgan fingerprint density at radius 2 is 1.95 bits per heavy atom. The molecule has 1 aromatic rings. The Morgan fingerprint density at radius 3 is 2.65 bits per heavy atom. The van der Waals surface area contributed by atoms with Gasteiger partial charge in [-0.2, -0.15) is 0 Å². The lowest BCUT2D eigenvalue weighted by molar-refractivity contribution is 0.386. The maximum absolute atomic E-state index is 5.61. The van der Waals surface area contributed by atoms with Crippen LogP contribution in [-0.4, -0.2) is 19.7 Å². The smallest absolute Gasteiger partial charge is 0.122 e. The molecule has 1 N–H and O–H groups in total. The summed E-state index contributed by atoms with van der Waals surface area (Å²) in [6.07, 6.45) is 10.7. The van der Waals surface area contributed by atoms with Crippen LogP contribution in [0.1, 0.15) is 62.0 Å². The quantitative estimate of drug-likeness (QED) is 0.894. The minimum Gasteiger partial charge on any atom is -0.496 e. The van der Waals surface area contributed by atoms with E-state index >= 15 is 0 Å². The number of nitrogens with one attached hydrogen (secondary N) is 1. The summed E-state index contributed by atoms with van der Waals surface area (Å²) >= 11 is 0. The molecule has 0 bridgehead atoms. The molecule has 110 valence electrons. The topological polar surface area (TPSA) is 21.3 Å². The van der Waals surface area contributed by atoms with Gasteiger partial charge in [-0.05, 0) is 61.8 Å². The van der Waals surface area contributed by atoms with Gasteiger partial charge >= 0.3 is 0 Å². The zero-order valence-electron chi connectivity index (χ0n) is 12.7. The molecule has 1 aliphatic heterocycles. The van der Waals surface area contributed by atoms with Gasteiger partial charge in [0.05, 0.1) is 7.11 Å². The summed E-state index contributed by atoms with van der Waals surface area (Å²) in [5.74, 6) is 1.82. The van der Waals surface area contributed by atoms with Crippen molar-refractivity contribution in [3.8, 4) is 5.75 Å². The van der Waals surface area contributed by atoms with Crippen molar-refractivity contribution in [2.75, 3.05) is 13.7 Å². The monoisotopic (exact) mass is 273 g/mol. The van der Waals surface area contributed by atoms with Gasteiger partial charge in [0.25, 0.3) is 0 Å². The van der Waals surface area contributed by atoms with Gasteiger partial charge in [-0.1, -0.05) is 31.4 Å². The van der Waals surface area contributed by atoms with Crippen LogP contribution >= 0.6 is 0 Å². The Kier molecular flexibility index (Phi) is 4.62. The van der Waals surface area contributed by atoms with Crippen molar-refractivity contribution < 1.29 is 4.74 Å². The van der Waals surface area contributed by atoms with E-state index < -0.39 is 0 Å². The largest absolute Gasteiger partial charge is 0.496 e. The summed E-state index contributed by atoms with van der Waals surface area (Å²) in [7, 11) is 1.81. The SMILES string of the molecule is COc1ccc(CC2CCCN2)cc1C1CCCCC1. The van der Waals surface area contributed by atoms with Gasteiger partial charge in [-0.3, -0.25) is 0 Å². The number of hydrogen-bond acceptors (Lipinski definition) is 2. The lowest BCUT2D eigenvalue weighted by Gasteiger charge is -2.24. The highest BCUT2D eigenvalue weighted by Gasteiger charge is 2.21. The van der Waals surface area contributed by atoms with E-state index in [0.717, 1.165) is 11.7 Å². The summed E-state index contributed by atoms with van der Waals surface area (Å²) in [5.41, 5.74) is 2.94. The molecule has 3 rings (SSSR count). The molecule has 1 heterocycles. The number of benzene rings is 1. The summed E-state index contributed by atoms with van der Waals surface area (Å²) in [6, 6.07) is 7.55. The average molecular weight is 273 g/mol. The molecule has 20 heavy (non-hydrogen) atoms. The fourth-order valence-electron chi connectivity index (χ4n) is 3.86. The van der Waals surface area contributed by atoms with Crippen LogP contribution in [-0.2, 0) is 6.42 Å². The highest BCUT2D eigenvalue weighted by Crippen LogP contribution is 2.38. The third-order valence-electron chi connectivity index (χ3n) is 4.98. The van der Waals surface area contributed by atoms with Gasteiger partial charge in [0.15, 0.2) is 0 Å². The fourth-order valence-corrected chi connectivity index (χ4v) is 3.86. The van der Waals surface area contributed by atoms with Crippen LogP contribution in [0.15, 0.2) is 18.2 Å². The highest BCUT2D eigenvalue weighted by molar-refractivity contribution is 5.40. The van der Waals surface area contributed by atoms with Crippen LogP contribution in [0.4, 0.5) is 0 Å². The van der Waals surface area contributed by atoms with Gasteiger partial charge in [0.1, 0.15) is 5.75 Å². The number of ether oxygens (including phenoxy) is 1. The van der Waals surface area contributed by atoms with E-state index in [2.05, 4.69) is 23.5 Å². The van der Waals surface area contributed by atoms with Crippen molar-refractivity contribution in [1.29, 1.82) is 0 Å². The molecule has 0 aromatic heterocycles. The first-order chi connectivity index (χ1) is 9.86. The molecule has 0 amide bonds. The van der Waals surface area contributed by atoms with Crippen LogP contribution in [0, 0.1) is 0 Å². The van der Waals surface area contributed by atoms with Gasteiger partial charge in [-0.15, -0.1) is 0 Å². The van der Waals surface area contributed by atoms with Crippen molar-refractivity contribution in [1.82, 2.24) is 5.32 Å². The molecule has 1 aromatic carbocycles. The first-order valence-corrected chi connectivity index (χ1v) is 8.27. The molecule has 1 saturated carbocycles. The summed E-state index contributed by atoms with van der Waals surface area (Å²) in [5, 5.41) is 3.60. The van der Waals surface area contributed by atoms with Crippen LogP contribution in [0.2, 0.25) is 0 Å². The maximum Gasteiger partial charge on any atom is 0.122 e. The van der Waals surface area contributed by atoms with Crippen LogP contribution in [0.5, 0.6) is 5.75 Å². The standard InChI is InChI=1S/C18H27NO/c1-20-18-10-9-14(12-16-8-5-11-19-16)13-17(18)15-6-3-2-4-7-15/h9-10,13,15-16,19H,2-8,11-12H2,1H3. The average Bonchev–Trinajstić information content (AvgIpc) is 3.01. The van der Waals surface area contributed by atoms with Gasteiger partial charge in [-0.25, -0.2) is 0 Å². The second-order valence-electron chi connectivity index (χ2n) is 6.41. The Morgan fingerprint density at radius 1 is 1.10 bits per heavy atom. The van der Waals surface area contributed by atoms with Crippen LogP contribution in [0.25, 0.3) is 0 Å². The molecule has 2 heteroatoms. The summed E-state index contributed by atoms with van der Waals surface area (Å²) in [6.45, 7) is 1.19.